The average Bonchev–Trinajstić information content (AvgIpc) is 2.75. The Morgan fingerprint density at radius 2 is 1.70 bits per heavy atom. The molecule has 0 fully saturated rings. The van der Waals surface area contributed by atoms with Crippen LogP contribution in [0.5, 0.6) is 17.2 Å². The molecule has 1 N–H and O–H groups in total. The Morgan fingerprint density at radius 3 is 2.37 bits per heavy atom. The summed E-state index contributed by atoms with van der Waals surface area (Å²) in [7, 11) is 2.93. The highest BCUT2D eigenvalue weighted by atomic mass is 19.3. The summed E-state index contributed by atoms with van der Waals surface area (Å²) in [6.07, 6.45) is 0.370. The molecule has 0 radical (unpaired) electrons. The first-order valence-electron chi connectivity index (χ1n) is 9.15. The van der Waals surface area contributed by atoms with Crippen LogP contribution in [0.15, 0.2) is 66.7 Å². The quantitative estimate of drug-likeness (QED) is 0.555. The molecule has 0 spiro atoms. The van der Waals surface area contributed by atoms with E-state index in [-0.39, 0.29) is 11.3 Å². The highest BCUT2D eigenvalue weighted by Gasteiger charge is 2.18. The zero-order valence-corrected chi connectivity index (χ0v) is 16.5. The van der Waals surface area contributed by atoms with Crippen molar-refractivity contribution in [2.24, 2.45) is 0 Å². The first kappa shape index (κ1) is 21.1. The number of ether oxygens (including phenoxy) is 3. The Bertz CT molecular complexity index is 1010. The Labute approximate surface area is 173 Å². The number of hydrogen-bond acceptors (Lipinski definition) is 4. The van der Waals surface area contributed by atoms with Gasteiger partial charge in [0.05, 0.1) is 19.8 Å². The topological polar surface area (TPSA) is 56.8 Å². The summed E-state index contributed by atoms with van der Waals surface area (Å²) < 4.78 is 40.8. The predicted molar refractivity (Wildman–Crippen MR) is 110 cm³/mol. The van der Waals surface area contributed by atoms with Gasteiger partial charge < -0.3 is 19.5 Å². The smallest absolute Gasteiger partial charge is 0.387 e. The number of halogens is 2. The number of anilines is 1. The number of benzene rings is 3. The Kier molecular flexibility index (Phi) is 6.85. The van der Waals surface area contributed by atoms with Crippen LogP contribution in [0.2, 0.25) is 0 Å². The Balaban J connectivity index is 1.89. The molecule has 30 heavy (non-hydrogen) atoms. The van der Waals surface area contributed by atoms with E-state index >= 15 is 0 Å². The number of methoxy groups -OCH3 is 2. The number of alkyl halides is 2. The zero-order valence-electron chi connectivity index (χ0n) is 16.5. The lowest BCUT2D eigenvalue weighted by molar-refractivity contribution is -0.0503. The maximum Gasteiger partial charge on any atom is 0.387 e. The standard InChI is InChI=1S/C23H21F2NO4/c1-28-20-10-6-9-18(21(20)29-2)22(27)26-17-11-12-19(30-23(24)25)16(14-17)13-15-7-4-3-5-8-15/h3-12,14,23H,13H2,1-2H3,(H,26,27). The van der Waals surface area contributed by atoms with Gasteiger partial charge in [0.2, 0.25) is 0 Å². The molecule has 0 aromatic heterocycles. The predicted octanol–water partition coefficient (Wildman–Crippen LogP) is 5.15. The SMILES string of the molecule is COc1cccc(C(=O)Nc2ccc(OC(F)F)c(Cc3ccccc3)c2)c1OC. The first-order valence-corrected chi connectivity index (χ1v) is 9.15. The van der Waals surface area contributed by atoms with Crippen LogP contribution in [-0.4, -0.2) is 26.7 Å². The minimum Gasteiger partial charge on any atom is -0.493 e. The molecule has 0 aliphatic carbocycles. The molecule has 0 aliphatic rings. The second kappa shape index (κ2) is 9.73. The monoisotopic (exact) mass is 413 g/mol. The fraction of sp³-hybridized carbons (Fsp3) is 0.174. The normalized spacial score (nSPS) is 10.6. The molecule has 156 valence electrons. The molecule has 0 saturated heterocycles. The van der Waals surface area contributed by atoms with Crippen LogP contribution in [-0.2, 0) is 6.42 Å². The van der Waals surface area contributed by atoms with Crippen molar-refractivity contribution in [2.75, 3.05) is 19.5 Å². The van der Waals surface area contributed by atoms with Gasteiger partial charge in [-0.25, -0.2) is 0 Å². The van der Waals surface area contributed by atoms with Gasteiger partial charge in [-0.1, -0.05) is 36.4 Å². The van der Waals surface area contributed by atoms with Crippen LogP contribution in [0.3, 0.4) is 0 Å². The van der Waals surface area contributed by atoms with Crippen molar-refractivity contribution in [2.45, 2.75) is 13.0 Å². The molecular formula is C23H21F2NO4. The van der Waals surface area contributed by atoms with Gasteiger partial charge in [-0.3, -0.25) is 4.79 Å². The second-order valence-corrected chi connectivity index (χ2v) is 6.36. The third-order valence-electron chi connectivity index (χ3n) is 4.42. The van der Waals surface area contributed by atoms with E-state index < -0.39 is 12.5 Å². The molecule has 0 bridgehead atoms. The lowest BCUT2D eigenvalue weighted by Crippen LogP contribution is -2.14. The minimum absolute atomic E-state index is 0.0609. The zero-order chi connectivity index (χ0) is 21.5. The van der Waals surface area contributed by atoms with Gasteiger partial charge in [0, 0.05) is 17.7 Å². The van der Waals surface area contributed by atoms with Crippen molar-refractivity contribution < 1.29 is 27.8 Å². The van der Waals surface area contributed by atoms with Gasteiger partial charge in [0.15, 0.2) is 11.5 Å². The highest BCUT2D eigenvalue weighted by molar-refractivity contribution is 6.06. The molecule has 1 amide bonds. The van der Waals surface area contributed by atoms with Crippen LogP contribution in [0.4, 0.5) is 14.5 Å². The van der Waals surface area contributed by atoms with Crippen molar-refractivity contribution in [1.82, 2.24) is 0 Å². The maximum absolute atomic E-state index is 12.8. The molecule has 0 unspecified atom stereocenters. The van der Waals surface area contributed by atoms with Crippen LogP contribution in [0.1, 0.15) is 21.5 Å². The second-order valence-electron chi connectivity index (χ2n) is 6.36. The average molecular weight is 413 g/mol. The third-order valence-corrected chi connectivity index (χ3v) is 4.42. The summed E-state index contributed by atoms with van der Waals surface area (Å²) in [5.74, 6) is 0.375. The fourth-order valence-corrected chi connectivity index (χ4v) is 3.09. The summed E-state index contributed by atoms with van der Waals surface area (Å²) in [5, 5.41) is 2.77. The van der Waals surface area contributed by atoms with Crippen LogP contribution >= 0.6 is 0 Å². The van der Waals surface area contributed by atoms with E-state index in [0.717, 1.165) is 5.56 Å². The summed E-state index contributed by atoms with van der Waals surface area (Å²) in [4.78, 5) is 12.8. The molecule has 0 heterocycles. The Hall–Kier alpha value is -3.61. The van der Waals surface area contributed by atoms with E-state index in [2.05, 4.69) is 10.1 Å². The molecule has 0 aliphatic heterocycles. The van der Waals surface area contributed by atoms with Crippen molar-refractivity contribution in [3.8, 4) is 17.2 Å². The molecule has 5 nitrogen and oxygen atoms in total. The van der Waals surface area contributed by atoms with Gasteiger partial charge in [0.25, 0.3) is 5.91 Å². The highest BCUT2D eigenvalue weighted by Crippen LogP contribution is 2.32. The van der Waals surface area contributed by atoms with E-state index in [1.54, 1.807) is 24.3 Å². The molecular weight excluding hydrogens is 392 g/mol. The molecule has 3 aromatic carbocycles. The Morgan fingerprint density at radius 1 is 0.933 bits per heavy atom. The van der Waals surface area contributed by atoms with Gasteiger partial charge in [-0.2, -0.15) is 8.78 Å². The lowest BCUT2D eigenvalue weighted by atomic mass is 10.0. The van der Waals surface area contributed by atoms with Gasteiger partial charge >= 0.3 is 6.61 Å². The maximum atomic E-state index is 12.8. The molecule has 0 atom stereocenters. The van der Waals surface area contributed by atoms with Gasteiger partial charge in [-0.15, -0.1) is 0 Å². The largest absolute Gasteiger partial charge is 0.493 e. The van der Waals surface area contributed by atoms with Crippen molar-refractivity contribution in [1.29, 1.82) is 0 Å². The summed E-state index contributed by atoms with van der Waals surface area (Å²) in [6, 6.07) is 18.9. The van der Waals surface area contributed by atoms with Gasteiger partial charge in [0.1, 0.15) is 5.75 Å². The molecule has 7 heteroatoms. The van der Waals surface area contributed by atoms with E-state index in [1.807, 2.05) is 30.3 Å². The summed E-state index contributed by atoms with van der Waals surface area (Å²) in [5.41, 5.74) is 2.18. The minimum atomic E-state index is -2.94. The molecule has 3 rings (SSSR count). The van der Waals surface area contributed by atoms with Crippen LogP contribution in [0, 0.1) is 0 Å². The number of carbonyl (C=O) groups is 1. The van der Waals surface area contributed by atoms with E-state index in [9.17, 15) is 13.6 Å². The number of nitrogens with one attached hydrogen (secondary N) is 1. The van der Waals surface area contributed by atoms with Crippen molar-refractivity contribution in [3.63, 3.8) is 0 Å². The molecule has 3 aromatic rings. The van der Waals surface area contributed by atoms with Crippen molar-refractivity contribution >= 4 is 11.6 Å². The molecule has 0 saturated carbocycles. The summed E-state index contributed by atoms with van der Waals surface area (Å²) >= 11 is 0. The fourth-order valence-electron chi connectivity index (χ4n) is 3.09. The third kappa shape index (κ3) is 5.05. The van der Waals surface area contributed by atoms with Crippen LogP contribution < -0.4 is 19.5 Å². The number of para-hydroxylation sites is 1. The number of carbonyl (C=O) groups excluding carboxylic acids is 1. The van der Waals surface area contributed by atoms with Crippen molar-refractivity contribution in [3.05, 3.63) is 83.4 Å². The lowest BCUT2D eigenvalue weighted by Gasteiger charge is -2.15. The number of amides is 1. The van der Waals surface area contributed by atoms with E-state index in [4.69, 9.17) is 9.47 Å². The first-order chi connectivity index (χ1) is 14.5. The van der Waals surface area contributed by atoms with E-state index in [0.29, 0.717) is 29.2 Å². The van der Waals surface area contributed by atoms with Gasteiger partial charge in [-0.05, 0) is 35.9 Å². The summed E-state index contributed by atoms with van der Waals surface area (Å²) in [6.45, 7) is -2.94. The van der Waals surface area contributed by atoms with E-state index in [1.165, 1.54) is 26.4 Å². The number of hydrogen-bond donors (Lipinski definition) is 1. The number of rotatable bonds is 8. The van der Waals surface area contributed by atoms with Crippen LogP contribution in [0.25, 0.3) is 0 Å².